The highest BCUT2D eigenvalue weighted by molar-refractivity contribution is 6.31. The van der Waals surface area contributed by atoms with E-state index >= 15 is 0 Å². The van der Waals surface area contributed by atoms with E-state index in [9.17, 15) is 0 Å². The number of hydrogen-bond acceptors (Lipinski definition) is 1. The summed E-state index contributed by atoms with van der Waals surface area (Å²) in [7, 11) is 0. The molecule has 1 rings (SSSR count). The van der Waals surface area contributed by atoms with Crippen LogP contribution in [-0.4, -0.2) is 6.54 Å². The summed E-state index contributed by atoms with van der Waals surface area (Å²) in [5.41, 5.74) is 8.21. The topological polar surface area (TPSA) is 26.0 Å². The summed E-state index contributed by atoms with van der Waals surface area (Å²) < 4.78 is 0. The van der Waals surface area contributed by atoms with E-state index in [4.69, 9.17) is 17.3 Å². The van der Waals surface area contributed by atoms with Crippen molar-refractivity contribution in [1.29, 1.82) is 0 Å². The first kappa shape index (κ1) is 13.5. The van der Waals surface area contributed by atoms with E-state index in [1.165, 1.54) is 11.1 Å². The lowest BCUT2D eigenvalue weighted by molar-refractivity contribution is 0.538. The summed E-state index contributed by atoms with van der Waals surface area (Å²) in [6.07, 6.45) is 1.03. The Balaban J connectivity index is 2.99. The summed E-state index contributed by atoms with van der Waals surface area (Å²) in [6.45, 7) is 9.32. The summed E-state index contributed by atoms with van der Waals surface area (Å²) in [6, 6.07) is 6.34. The van der Waals surface area contributed by atoms with Crippen molar-refractivity contribution >= 4 is 11.6 Å². The van der Waals surface area contributed by atoms with E-state index < -0.39 is 0 Å². The van der Waals surface area contributed by atoms with Crippen LogP contribution in [0.15, 0.2) is 18.2 Å². The smallest absolute Gasteiger partial charge is 0.0441 e. The van der Waals surface area contributed by atoms with Gasteiger partial charge in [-0.15, -0.1) is 0 Å². The zero-order chi connectivity index (χ0) is 12.3. The van der Waals surface area contributed by atoms with Gasteiger partial charge in [0.05, 0.1) is 0 Å². The van der Waals surface area contributed by atoms with Crippen LogP contribution in [0.2, 0.25) is 5.02 Å². The minimum absolute atomic E-state index is 0.000000709. The third kappa shape index (κ3) is 3.23. The first-order valence-electron chi connectivity index (χ1n) is 5.86. The van der Waals surface area contributed by atoms with Crippen LogP contribution >= 0.6 is 11.6 Å². The molecule has 2 heteroatoms. The fraction of sp³-hybridized carbons (Fsp3) is 0.571. The van der Waals surface area contributed by atoms with Crippen LogP contribution < -0.4 is 5.73 Å². The van der Waals surface area contributed by atoms with Crippen molar-refractivity contribution in [3.05, 3.63) is 34.3 Å². The Morgan fingerprint density at radius 3 is 2.38 bits per heavy atom. The number of rotatable bonds is 4. The maximum Gasteiger partial charge on any atom is 0.0441 e. The molecular formula is C14H22ClN. The van der Waals surface area contributed by atoms with Gasteiger partial charge in [0, 0.05) is 17.0 Å². The number of hydrogen-bond donors (Lipinski definition) is 1. The van der Waals surface area contributed by atoms with Gasteiger partial charge in [0.25, 0.3) is 0 Å². The van der Waals surface area contributed by atoms with Gasteiger partial charge in [-0.25, -0.2) is 0 Å². The molecule has 0 aliphatic heterocycles. The van der Waals surface area contributed by atoms with E-state index in [0.717, 1.165) is 11.4 Å². The SMILES string of the molecule is CC(C)Cc1ccc(C(C)(C)CN)cc1Cl. The first-order chi connectivity index (χ1) is 7.36. The van der Waals surface area contributed by atoms with Crippen molar-refractivity contribution in [2.45, 2.75) is 39.5 Å². The standard InChI is InChI=1S/C14H22ClN/c1-10(2)7-11-5-6-12(8-13(11)15)14(3,4)9-16/h5-6,8,10H,7,9,16H2,1-4H3. The molecule has 0 unspecified atom stereocenters. The van der Waals surface area contributed by atoms with Crippen molar-refractivity contribution in [3.8, 4) is 0 Å². The second kappa shape index (κ2) is 5.20. The van der Waals surface area contributed by atoms with Gasteiger partial charge in [-0.05, 0) is 29.5 Å². The lowest BCUT2D eigenvalue weighted by atomic mass is 9.84. The molecule has 0 saturated heterocycles. The van der Waals surface area contributed by atoms with Crippen molar-refractivity contribution < 1.29 is 0 Å². The minimum atomic E-state index is 0.000000709. The molecule has 0 atom stereocenters. The minimum Gasteiger partial charge on any atom is -0.330 e. The first-order valence-corrected chi connectivity index (χ1v) is 6.23. The predicted octanol–water partition coefficient (Wildman–Crippen LogP) is 3.77. The van der Waals surface area contributed by atoms with Crippen LogP contribution in [0, 0.1) is 5.92 Å². The Morgan fingerprint density at radius 2 is 1.94 bits per heavy atom. The normalized spacial score (nSPS) is 12.2. The quantitative estimate of drug-likeness (QED) is 0.851. The average molecular weight is 240 g/mol. The monoisotopic (exact) mass is 239 g/mol. The molecule has 0 fully saturated rings. The molecule has 16 heavy (non-hydrogen) atoms. The summed E-state index contributed by atoms with van der Waals surface area (Å²) >= 11 is 6.30. The Hall–Kier alpha value is -0.530. The van der Waals surface area contributed by atoms with Gasteiger partial charge in [-0.2, -0.15) is 0 Å². The van der Waals surface area contributed by atoms with Gasteiger partial charge in [-0.3, -0.25) is 0 Å². The Kier molecular flexibility index (Phi) is 4.40. The molecule has 0 aliphatic carbocycles. The molecule has 0 radical (unpaired) electrons. The van der Waals surface area contributed by atoms with Gasteiger partial charge in [0.1, 0.15) is 0 Å². The second-order valence-electron chi connectivity index (χ2n) is 5.49. The van der Waals surface area contributed by atoms with E-state index in [1.54, 1.807) is 0 Å². The molecule has 90 valence electrons. The number of benzene rings is 1. The van der Waals surface area contributed by atoms with E-state index in [1.807, 2.05) is 0 Å². The molecule has 0 saturated carbocycles. The zero-order valence-corrected chi connectivity index (χ0v) is 11.4. The molecule has 2 N–H and O–H groups in total. The molecule has 1 nitrogen and oxygen atoms in total. The van der Waals surface area contributed by atoms with Crippen LogP contribution in [-0.2, 0) is 11.8 Å². The van der Waals surface area contributed by atoms with Crippen molar-refractivity contribution in [2.24, 2.45) is 11.7 Å². The van der Waals surface area contributed by atoms with Crippen molar-refractivity contribution in [1.82, 2.24) is 0 Å². The van der Waals surface area contributed by atoms with Gasteiger partial charge >= 0.3 is 0 Å². The third-order valence-electron chi connectivity index (χ3n) is 2.97. The largest absolute Gasteiger partial charge is 0.330 e. The third-order valence-corrected chi connectivity index (χ3v) is 3.32. The van der Waals surface area contributed by atoms with E-state index in [-0.39, 0.29) is 5.41 Å². The maximum atomic E-state index is 6.30. The van der Waals surface area contributed by atoms with Gasteiger partial charge in [-0.1, -0.05) is 51.4 Å². The molecule has 0 aliphatic rings. The molecule has 0 aromatic heterocycles. The highest BCUT2D eigenvalue weighted by Crippen LogP contribution is 2.28. The summed E-state index contributed by atoms with van der Waals surface area (Å²) in [5, 5.41) is 0.868. The zero-order valence-electron chi connectivity index (χ0n) is 10.7. The molecule has 0 spiro atoms. The predicted molar refractivity (Wildman–Crippen MR) is 72.1 cm³/mol. The average Bonchev–Trinajstić information content (AvgIpc) is 2.20. The van der Waals surface area contributed by atoms with E-state index in [2.05, 4.69) is 45.9 Å². The summed E-state index contributed by atoms with van der Waals surface area (Å²) in [5.74, 6) is 0.630. The lowest BCUT2D eigenvalue weighted by Gasteiger charge is -2.24. The number of nitrogens with two attached hydrogens (primary N) is 1. The van der Waals surface area contributed by atoms with Crippen LogP contribution in [0.3, 0.4) is 0 Å². The Labute approximate surface area is 104 Å². The van der Waals surface area contributed by atoms with Crippen LogP contribution in [0.4, 0.5) is 0 Å². The van der Waals surface area contributed by atoms with Crippen molar-refractivity contribution in [2.75, 3.05) is 6.54 Å². The van der Waals surface area contributed by atoms with Crippen LogP contribution in [0.1, 0.15) is 38.8 Å². The van der Waals surface area contributed by atoms with Crippen molar-refractivity contribution in [3.63, 3.8) is 0 Å². The second-order valence-corrected chi connectivity index (χ2v) is 5.90. The fourth-order valence-corrected chi connectivity index (χ4v) is 1.95. The molecule has 1 aromatic rings. The van der Waals surface area contributed by atoms with Gasteiger partial charge in [0.15, 0.2) is 0 Å². The van der Waals surface area contributed by atoms with Gasteiger partial charge < -0.3 is 5.73 Å². The molecule has 0 amide bonds. The van der Waals surface area contributed by atoms with Crippen LogP contribution in [0.5, 0.6) is 0 Å². The fourth-order valence-electron chi connectivity index (χ4n) is 1.69. The molecule has 0 heterocycles. The molecule has 1 aromatic carbocycles. The highest BCUT2D eigenvalue weighted by atomic mass is 35.5. The molecular weight excluding hydrogens is 218 g/mol. The maximum absolute atomic E-state index is 6.30. The Bertz CT molecular complexity index is 356. The summed E-state index contributed by atoms with van der Waals surface area (Å²) in [4.78, 5) is 0. The van der Waals surface area contributed by atoms with Gasteiger partial charge in [0.2, 0.25) is 0 Å². The van der Waals surface area contributed by atoms with E-state index in [0.29, 0.717) is 12.5 Å². The molecule has 0 bridgehead atoms. The highest BCUT2D eigenvalue weighted by Gasteiger charge is 2.19. The lowest BCUT2D eigenvalue weighted by Crippen LogP contribution is -2.28. The van der Waals surface area contributed by atoms with Crippen LogP contribution in [0.25, 0.3) is 0 Å². The Morgan fingerprint density at radius 1 is 1.31 bits per heavy atom. The number of halogens is 1.